The van der Waals surface area contributed by atoms with Gasteiger partial charge in [-0.25, -0.2) is 4.79 Å². The van der Waals surface area contributed by atoms with Crippen molar-refractivity contribution in [3.05, 3.63) is 16.4 Å². The first kappa shape index (κ1) is 13.0. The number of rotatable bonds is 4. The molecule has 1 aromatic heterocycles. The van der Waals surface area contributed by atoms with Gasteiger partial charge in [-0.15, -0.1) is 5.10 Å². The molecule has 0 spiro atoms. The molecule has 6 nitrogen and oxygen atoms in total. The van der Waals surface area contributed by atoms with E-state index in [4.69, 9.17) is 10.2 Å². The van der Waals surface area contributed by atoms with Crippen molar-refractivity contribution < 1.29 is 15.0 Å². The number of nitrogens with zero attached hydrogens (tertiary/aromatic N) is 3. The number of amides is 1. The molecule has 0 unspecified atom stereocenters. The van der Waals surface area contributed by atoms with Crippen LogP contribution in [-0.2, 0) is 6.61 Å². The summed E-state index contributed by atoms with van der Waals surface area (Å²) in [7, 11) is 0. The second-order valence-corrected chi connectivity index (χ2v) is 4.58. The van der Waals surface area contributed by atoms with Crippen LogP contribution in [0.25, 0.3) is 0 Å². The highest BCUT2D eigenvalue weighted by Gasteiger charge is 2.19. The maximum absolute atomic E-state index is 11.1. The Hall–Kier alpha value is -1.08. The van der Waals surface area contributed by atoms with Crippen LogP contribution in [0.1, 0.15) is 19.5 Å². The summed E-state index contributed by atoms with van der Waals surface area (Å²) in [6, 6.07) is 1.58. The van der Waals surface area contributed by atoms with Gasteiger partial charge in [-0.3, -0.25) is 0 Å². The number of carbonyl (C=O) groups is 1. The quantitative estimate of drug-likeness (QED) is 0.879. The van der Waals surface area contributed by atoms with Gasteiger partial charge in [0.25, 0.3) is 0 Å². The van der Waals surface area contributed by atoms with E-state index in [0.717, 1.165) is 5.01 Å². The Labute approximate surface area is 102 Å². The van der Waals surface area contributed by atoms with E-state index >= 15 is 0 Å². The highest BCUT2D eigenvalue weighted by Crippen LogP contribution is 2.12. The fourth-order valence-electron chi connectivity index (χ4n) is 1.28. The maximum atomic E-state index is 11.1. The molecule has 0 radical (unpaired) electrons. The smallest absolute Gasteiger partial charge is 0.427 e. The molecule has 0 aliphatic rings. The van der Waals surface area contributed by atoms with Gasteiger partial charge in [0.15, 0.2) is 0 Å². The third-order valence-corrected chi connectivity index (χ3v) is 2.27. The summed E-state index contributed by atoms with van der Waals surface area (Å²) in [6.45, 7) is 3.87. The zero-order valence-electron chi connectivity index (χ0n) is 9.09. The van der Waals surface area contributed by atoms with Crippen LogP contribution >= 0.6 is 15.9 Å². The van der Waals surface area contributed by atoms with Crippen LogP contribution in [0.5, 0.6) is 0 Å². The van der Waals surface area contributed by atoms with Crippen molar-refractivity contribution in [2.75, 3.05) is 11.6 Å². The fraction of sp³-hybridized carbons (Fsp3) is 0.556. The lowest BCUT2D eigenvalue weighted by atomic mass is 10.2. The number of halogens is 1. The number of aromatic nitrogens is 2. The van der Waals surface area contributed by atoms with Gasteiger partial charge in [0.1, 0.15) is 4.60 Å². The van der Waals surface area contributed by atoms with Gasteiger partial charge in [0.05, 0.1) is 18.8 Å². The molecular weight excluding hydrogens is 278 g/mol. The molecule has 1 amide bonds. The minimum atomic E-state index is -1.10. The molecule has 0 fully saturated rings. The number of carboxylic acid groups (broad SMARTS) is 1. The lowest BCUT2D eigenvalue weighted by Gasteiger charge is -2.22. The third-order valence-electron chi connectivity index (χ3n) is 1.88. The Balaban J connectivity index is 3.04. The molecule has 0 saturated heterocycles. The van der Waals surface area contributed by atoms with Gasteiger partial charge in [-0.05, 0) is 27.9 Å². The lowest BCUT2D eigenvalue weighted by Crippen LogP contribution is -2.43. The van der Waals surface area contributed by atoms with E-state index in [1.807, 2.05) is 13.8 Å². The molecule has 1 heterocycles. The Bertz CT molecular complexity index is 378. The van der Waals surface area contributed by atoms with Crippen LogP contribution in [0.15, 0.2) is 10.7 Å². The lowest BCUT2D eigenvalue weighted by molar-refractivity contribution is 0.189. The van der Waals surface area contributed by atoms with E-state index in [9.17, 15) is 4.79 Å². The average Bonchev–Trinajstić information content (AvgIpc) is 2.55. The van der Waals surface area contributed by atoms with Crippen molar-refractivity contribution in [2.45, 2.75) is 20.5 Å². The zero-order valence-corrected chi connectivity index (χ0v) is 10.7. The second-order valence-electron chi connectivity index (χ2n) is 3.76. The summed E-state index contributed by atoms with van der Waals surface area (Å²) >= 11 is 3.14. The molecule has 90 valence electrons. The Morgan fingerprint density at radius 1 is 1.69 bits per heavy atom. The van der Waals surface area contributed by atoms with E-state index in [1.165, 1.54) is 4.79 Å². The first-order valence-corrected chi connectivity index (χ1v) is 5.61. The Morgan fingerprint density at radius 3 is 2.75 bits per heavy atom. The second kappa shape index (κ2) is 5.31. The number of aliphatic hydroxyl groups is 1. The minimum absolute atomic E-state index is 0.172. The van der Waals surface area contributed by atoms with E-state index in [1.54, 1.807) is 6.07 Å². The molecule has 1 rings (SSSR count). The largest absolute Gasteiger partial charge is 0.464 e. The van der Waals surface area contributed by atoms with E-state index in [-0.39, 0.29) is 12.5 Å². The summed E-state index contributed by atoms with van der Waals surface area (Å²) in [5.41, 5.74) is 0.426. The molecular formula is C9H14BrN3O3. The maximum Gasteiger partial charge on any atom is 0.427 e. The molecule has 1 aromatic rings. The monoisotopic (exact) mass is 291 g/mol. The minimum Gasteiger partial charge on any atom is -0.464 e. The molecule has 7 heteroatoms. The van der Waals surface area contributed by atoms with Crippen LogP contribution in [0, 0.1) is 5.92 Å². The predicted molar refractivity (Wildman–Crippen MR) is 61.8 cm³/mol. The SMILES string of the molecule is CC(C)CN(C(=O)O)n1nc(Br)cc1CO. The standard InChI is InChI=1S/C9H14BrN3O3/c1-6(2)4-12(9(15)16)13-7(5-14)3-8(10)11-13/h3,6,14H,4-5H2,1-2H3,(H,15,16). The number of aliphatic hydroxyl groups excluding tert-OH is 1. The predicted octanol–water partition coefficient (Wildman–Crippen LogP) is 1.41. The van der Waals surface area contributed by atoms with Gasteiger partial charge in [0.2, 0.25) is 0 Å². The molecule has 16 heavy (non-hydrogen) atoms. The van der Waals surface area contributed by atoms with Crippen LogP contribution in [0.3, 0.4) is 0 Å². The van der Waals surface area contributed by atoms with Gasteiger partial charge in [-0.2, -0.15) is 9.80 Å². The molecule has 0 aromatic carbocycles. The zero-order chi connectivity index (χ0) is 12.3. The summed E-state index contributed by atoms with van der Waals surface area (Å²) < 4.78 is 0.492. The Kier molecular flexibility index (Phi) is 4.31. The summed E-state index contributed by atoms with van der Waals surface area (Å²) in [5.74, 6) is 0.172. The normalized spacial score (nSPS) is 10.8. The van der Waals surface area contributed by atoms with Gasteiger partial charge < -0.3 is 10.2 Å². The fourth-order valence-corrected chi connectivity index (χ4v) is 1.69. The van der Waals surface area contributed by atoms with Gasteiger partial charge in [0, 0.05) is 0 Å². The first-order valence-electron chi connectivity index (χ1n) is 4.81. The van der Waals surface area contributed by atoms with E-state index in [2.05, 4.69) is 21.0 Å². The number of hydrogen-bond acceptors (Lipinski definition) is 3. The average molecular weight is 292 g/mol. The highest BCUT2D eigenvalue weighted by molar-refractivity contribution is 9.10. The molecule has 0 aliphatic heterocycles. The van der Waals surface area contributed by atoms with Crippen LogP contribution in [0.2, 0.25) is 0 Å². The summed E-state index contributed by atoms with van der Waals surface area (Å²) in [5, 5.41) is 23.2. The first-order chi connectivity index (χ1) is 7.45. The molecule has 0 bridgehead atoms. The van der Waals surface area contributed by atoms with Crippen molar-refractivity contribution in [1.82, 2.24) is 9.89 Å². The molecule has 0 atom stereocenters. The van der Waals surface area contributed by atoms with Crippen molar-refractivity contribution >= 4 is 22.0 Å². The van der Waals surface area contributed by atoms with Crippen molar-refractivity contribution in [1.29, 1.82) is 0 Å². The van der Waals surface area contributed by atoms with Crippen LogP contribution in [-0.4, -0.2) is 32.7 Å². The summed E-state index contributed by atoms with van der Waals surface area (Å²) in [4.78, 5) is 12.3. The van der Waals surface area contributed by atoms with Gasteiger partial charge in [-0.1, -0.05) is 13.8 Å². The Morgan fingerprint density at radius 2 is 2.31 bits per heavy atom. The molecule has 2 N–H and O–H groups in total. The van der Waals surface area contributed by atoms with Crippen LogP contribution < -0.4 is 5.01 Å². The van der Waals surface area contributed by atoms with Crippen molar-refractivity contribution in [3.8, 4) is 0 Å². The van der Waals surface area contributed by atoms with E-state index < -0.39 is 6.09 Å². The topological polar surface area (TPSA) is 78.6 Å². The van der Waals surface area contributed by atoms with Crippen molar-refractivity contribution in [2.24, 2.45) is 5.92 Å². The number of hydrogen-bond donors (Lipinski definition) is 2. The molecule has 0 aliphatic carbocycles. The molecule has 0 saturated carbocycles. The summed E-state index contributed by atoms with van der Waals surface area (Å²) in [6.07, 6.45) is -1.10. The van der Waals surface area contributed by atoms with E-state index in [0.29, 0.717) is 16.8 Å². The highest BCUT2D eigenvalue weighted by atomic mass is 79.9. The van der Waals surface area contributed by atoms with Crippen molar-refractivity contribution in [3.63, 3.8) is 0 Å². The van der Waals surface area contributed by atoms with Crippen LogP contribution in [0.4, 0.5) is 4.79 Å². The third kappa shape index (κ3) is 2.96. The van der Waals surface area contributed by atoms with Gasteiger partial charge >= 0.3 is 6.09 Å².